The lowest BCUT2D eigenvalue weighted by molar-refractivity contribution is 0.0634. The van der Waals surface area contributed by atoms with Crippen LogP contribution in [0.25, 0.3) is 0 Å². The third-order valence-corrected chi connectivity index (χ3v) is 3.65. The Labute approximate surface area is 168 Å². The summed E-state index contributed by atoms with van der Waals surface area (Å²) in [5.41, 5.74) is 5.78. The molecule has 0 aliphatic rings. The number of nitrogens with two attached hydrogens (primary N) is 1. The molecule has 2 aromatic carbocycles. The highest BCUT2D eigenvalue weighted by molar-refractivity contribution is 14.0. The fraction of sp³-hybridized carbons (Fsp3) is 0.278. The quantitative estimate of drug-likeness (QED) is 0.339. The summed E-state index contributed by atoms with van der Waals surface area (Å²) < 4.78 is 32.0. The van der Waals surface area contributed by atoms with Crippen molar-refractivity contribution in [1.29, 1.82) is 0 Å². The van der Waals surface area contributed by atoms with E-state index in [0.717, 1.165) is 23.4 Å². The van der Waals surface area contributed by atoms with Crippen molar-refractivity contribution < 1.29 is 18.6 Å². The van der Waals surface area contributed by atoms with Gasteiger partial charge in [0, 0.05) is 30.0 Å². The maximum absolute atomic E-state index is 13.8. The van der Waals surface area contributed by atoms with E-state index in [-0.39, 0.29) is 42.0 Å². The zero-order valence-corrected chi connectivity index (χ0v) is 16.8. The van der Waals surface area contributed by atoms with Gasteiger partial charge in [0.2, 0.25) is 0 Å². The molecule has 0 bridgehead atoms. The smallest absolute Gasteiger partial charge is 0.193 e. The summed E-state index contributed by atoms with van der Waals surface area (Å²) in [7, 11) is 1.59. The number of rotatable bonds is 6. The first-order chi connectivity index (χ1) is 11.8. The number of hydrogen-bond acceptors (Lipinski definition) is 3. The van der Waals surface area contributed by atoms with Gasteiger partial charge in [0.15, 0.2) is 5.96 Å². The van der Waals surface area contributed by atoms with E-state index in [2.05, 4.69) is 10.3 Å². The van der Waals surface area contributed by atoms with Crippen molar-refractivity contribution in [1.82, 2.24) is 0 Å². The highest BCUT2D eigenvalue weighted by Gasteiger charge is 2.26. The number of aliphatic hydroxyl groups is 1. The van der Waals surface area contributed by atoms with Crippen LogP contribution in [0.4, 0.5) is 14.5 Å². The van der Waals surface area contributed by atoms with Crippen molar-refractivity contribution in [3.63, 3.8) is 0 Å². The summed E-state index contributed by atoms with van der Waals surface area (Å²) in [6.07, 6.45) is 0. The summed E-state index contributed by atoms with van der Waals surface area (Å²) in [4.78, 5) is 4.06. The van der Waals surface area contributed by atoms with E-state index in [1.807, 2.05) is 24.3 Å². The van der Waals surface area contributed by atoms with Crippen LogP contribution in [0.1, 0.15) is 18.1 Å². The molecular formula is C18H22F2IN3O2. The monoisotopic (exact) mass is 477 g/mol. The number of guanidine groups is 1. The Morgan fingerprint density at radius 2 is 1.96 bits per heavy atom. The van der Waals surface area contributed by atoms with E-state index in [0.29, 0.717) is 6.61 Å². The Morgan fingerprint density at radius 1 is 1.27 bits per heavy atom. The van der Waals surface area contributed by atoms with Gasteiger partial charge in [0.25, 0.3) is 0 Å². The highest BCUT2D eigenvalue weighted by Crippen LogP contribution is 2.24. The van der Waals surface area contributed by atoms with Crippen LogP contribution >= 0.6 is 24.0 Å². The molecule has 0 saturated carbocycles. The first kappa shape index (κ1) is 22.3. The Morgan fingerprint density at radius 3 is 2.62 bits per heavy atom. The third-order valence-electron chi connectivity index (χ3n) is 3.65. The minimum Gasteiger partial charge on any atom is -0.383 e. The van der Waals surface area contributed by atoms with Gasteiger partial charge in [0.05, 0.1) is 13.2 Å². The molecule has 0 aliphatic carbocycles. The molecule has 2 aromatic rings. The second-order valence-corrected chi connectivity index (χ2v) is 5.81. The molecule has 0 spiro atoms. The third kappa shape index (κ3) is 5.89. The lowest BCUT2D eigenvalue weighted by Gasteiger charge is -2.22. The van der Waals surface area contributed by atoms with Crippen molar-refractivity contribution in [2.45, 2.75) is 19.1 Å². The van der Waals surface area contributed by atoms with Crippen LogP contribution in [0.3, 0.4) is 0 Å². The summed E-state index contributed by atoms with van der Waals surface area (Å²) in [5.74, 6) is -1.49. The van der Waals surface area contributed by atoms with E-state index >= 15 is 0 Å². The number of ether oxygens (including phenoxy) is 1. The number of methoxy groups -OCH3 is 1. The van der Waals surface area contributed by atoms with Crippen LogP contribution in [0, 0.1) is 11.6 Å². The Kier molecular flexibility index (Phi) is 8.38. The summed E-state index contributed by atoms with van der Waals surface area (Å²) in [5, 5.41) is 13.4. The molecule has 4 N–H and O–H groups in total. The van der Waals surface area contributed by atoms with Crippen molar-refractivity contribution in [2.75, 3.05) is 19.0 Å². The van der Waals surface area contributed by atoms with Gasteiger partial charge in [-0.1, -0.05) is 24.3 Å². The van der Waals surface area contributed by atoms with Gasteiger partial charge in [-0.3, -0.25) is 0 Å². The maximum atomic E-state index is 13.8. The van der Waals surface area contributed by atoms with Gasteiger partial charge >= 0.3 is 0 Å². The van der Waals surface area contributed by atoms with Crippen LogP contribution < -0.4 is 11.1 Å². The summed E-state index contributed by atoms with van der Waals surface area (Å²) in [6, 6.07) is 10.4. The Balaban J connectivity index is 0.00000338. The van der Waals surface area contributed by atoms with E-state index < -0.39 is 17.2 Å². The Bertz CT molecular complexity index is 770. The first-order valence-corrected chi connectivity index (χ1v) is 7.65. The normalized spacial score (nSPS) is 13.7. The molecule has 8 heteroatoms. The molecule has 142 valence electrons. The lowest BCUT2D eigenvalue weighted by atomic mass is 9.95. The van der Waals surface area contributed by atoms with Crippen LogP contribution in [-0.4, -0.2) is 24.7 Å². The molecule has 1 unspecified atom stereocenters. The molecule has 26 heavy (non-hydrogen) atoms. The number of nitrogens with one attached hydrogen (secondary N) is 1. The topological polar surface area (TPSA) is 79.9 Å². The molecule has 1 atom stereocenters. The number of hydrogen-bond donors (Lipinski definition) is 3. The molecule has 0 radical (unpaired) electrons. The van der Waals surface area contributed by atoms with Crippen LogP contribution in [0.2, 0.25) is 0 Å². The second kappa shape index (κ2) is 9.79. The average Bonchev–Trinajstić information content (AvgIpc) is 2.55. The van der Waals surface area contributed by atoms with E-state index in [9.17, 15) is 13.9 Å². The fourth-order valence-electron chi connectivity index (χ4n) is 2.35. The zero-order chi connectivity index (χ0) is 18.4. The molecule has 2 rings (SSSR count). The highest BCUT2D eigenvalue weighted by atomic mass is 127. The van der Waals surface area contributed by atoms with Gasteiger partial charge in [0.1, 0.15) is 17.2 Å². The first-order valence-electron chi connectivity index (χ1n) is 7.65. The van der Waals surface area contributed by atoms with Gasteiger partial charge in [-0.25, -0.2) is 13.8 Å². The Hall–Kier alpha value is -1.78. The van der Waals surface area contributed by atoms with Gasteiger partial charge in [-0.15, -0.1) is 24.0 Å². The van der Waals surface area contributed by atoms with Gasteiger partial charge in [-0.2, -0.15) is 0 Å². The molecule has 5 nitrogen and oxygen atoms in total. The molecule has 0 fully saturated rings. The van der Waals surface area contributed by atoms with Crippen molar-refractivity contribution in [2.24, 2.45) is 10.7 Å². The van der Waals surface area contributed by atoms with Crippen LogP contribution in [0.15, 0.2) is 47.5 Å². The van der Waals surface area contributed by atoms with Crippen LogP contribution in [-0.2, 0) is 16.9 Å². The maximum Gasteiger partial charge on any atom is 0.193 e. The number of aliphatic imine (C=N–C) groups is 1. The number of halogens is 3. The van der Waals surface area contributed by atoms with Gasteiger partial charge in [-0.05, 0) is 19.1 Å². The molecule has 0 heterocycles. The summed E-state index contributed by atoms with van der Waals surface area (Å²) >= 11 is 0. The average molecular weight is 477 g/mol. The minimum absolute atomic E-state index is 0. The minimum atomic E-state index is -1.63. The molecule has 0 amide bonds. The number of anilines is 1. The number of nitrogens with zero attached hydrogens (tertiary/aromatic N) is 1. The number of benzene rings is 2. The lowest BCUT2D eigenvalue weighted by Crippen LogP contribution is -2.30. The predicted octanol–water partition coefficient (Wildman–Crippen LogP) is 3.36. The van der Waals surface area contributed by atoms with E-state index in [4.69, 9.17) is 10.5 Å². The SMILES string of the molecule is COCc1ccccc1NC(N)=NCC(C)(O)c1ccc(F)cc1F.I. The van der Waals surface area contributed by atoms with Crippen molar-refractivity contribution in [3.05, 3.63) is 65.2 Å². The molecule has 0 aliphatic heterocycles. The zero-order valence-electron chi connectivity index (χ0n) is 14.5. The fourth-order valence-corrected chi connectivity index (χ4v) is 2.35. The standard InChI is InChI=1S/C18H21F2N3O2.HI/c1-18(24,14-8-7-13(19)9-15(14)20)11-22-17(21)23-16-6-4-3-5-12(16)10-25-2;/h3-9,24H,10-11H2,1-2H3,(H3,21,22,23);1H. The predicted molar refractivity (Wildman–Crippen MR) is 109 cm³/mol. The summed E-state index contributed by atoms with van der Waals surface area (Å²) in [6.45, 7) is 1.59. The van der Waals surface area contributed by atoms with Crippen molar-refractivity contribution >= 4 is 35.6 Å². The molecular weight excluding hydrogens is 455 g/mol. The van der Waals surface area contributed by atoms with E-state index in [1.54, 1.807) is 7.11 Å². The van der Waals surface area contributed by atoms with Gasteiger partial charge < -0.3 is 20.9 Å². The number of para-hydroxylation sites is 1. The molecule has 0 aromatic heterocycles. The molecule has 0 saturated heterocycles. The van der Waals surface area contributed by atoms with E-state index in [1.165, 1.54) is 13.0 Å². The van der Waals surface area contributed by atoms with Crippen LogP contribution in [0.5, 0.6) is 0 Å². The second-order valence-electron chi connectivity index (χ2n) is 5.81. The van der Waals surface area contributed by atoms with Crippen molar-refractivity contribution in [3.8, 4) is 0 Å². The largest absolute Gasteiger partial charge is 0.383 e.